The van der Waals surface area contributed by atoms with Crippen LogP contribution < -0.4 is 10.6 Å². The molecule has 0 saturated carbocycles. The maximum Gasteiger partial charge on any atom is 0.328 e. The zero-order valence-corrected chi connectivity index (χ0v) is 18.5. The van der Waals surface area contributed by atoms with Gasteiger partial charge in [0, 0.05) is 13.3 Å². The molecule has 0 spiro atoms. The number of rotatable bonds is 15. The highest BCUT2D eigenvalue weighted by Gasteiger charge is 2.28. The predicted octanol–water partition coefficient (Wildman–Crippen LogP) is 2.49. The number of hydrogen-bond acceptors (Lipinski definition) is 6. The van der Waals surface area contributed by atoms with E-state index in [-0.39, 0.29) is 31.3 Å². The molecule has 0 radical (unpaired) electrons. The second-order valence-electron chi connectivity index (χ2n) is 7.58. The third-order valence-corrected chi connectivity index (χ3v) is 4.14. The monoisotopic (exact) mass is 414 g/mol. The van der Waals surface area contributed by atoms with Crippen molar-refractivity contribution in [3.8, 4) is 0 Å². The zero-order chi connectivity index (χ0) is 22.2. The van der Waals surface area contributed by atoms with Gasteiger partial charge in [-0.05, 0) is 31.6 Å². The first kappa shape index (κ1) is 26.9. The van der Waals surface area contributed by atoms with Crippen LogP contribution in [0.2, 0.25) is 0 Å². The van der Waals surface area contributed by atoms with E-state index in [2.05, 4.69) is 10.6 Å². The van der Waals surface area contributed by atoms with Gasteiger partial charge in [0.2, 0.25) is 11.8 Å². The van der Waals surface area contributed by atoms with Crippen LogP contribution in [0.4, 0.5) is 0 Å². The lowest BCUT2D eigenvalue weighted by Crippen LogP contribution is -2.52. The molecule has 2 unspecified atom stereocenters. The summed E-state index contributed by atoms with van der Waals surface area (Å²) in [4.78, 5) is 48.4. The molecule has 0 bridgehead atoms. The fourth-order valence-electron chi connectivity index (χ4n) is 2.55. The number of carbonyl (C=O) groups excluding carboxylic acids is 4. The van der Waals surface area contributed by atoms with E-state index in [1.807, 2.05) is 27.7 Å². The van der Waals surface area contributed by atoms with Gasteiger partial charge in [-0.3, -0.25) is 14.4 Å². The van der Waals surface area contributed by atoms with Gasteiger partial charge >= 0.3 is 11.9 Å². The van der Waals surface area contributed by atoms with E-state index < -0.39 is 29.9 Å². The van der Waals surface area contributed by atoms with E-state index in [1.54, 1.807) is 0 Å². The van der Waals surface area contributed by atoms with Gasteiger partial charge in [0.25, 0.3) is 0 Å². The molecule has 29 heavy (non-hydrogen) atoms. The molecule has 0 saturated heterocycles. The van der Waals surface area contributed by atoms with E-state index in [0.29, 0.717) is 19.4 Å². The summed E-state index contributed by atoms with van der Waals surface area (Å²) >= 11 is 0. The van der Waals surface area contributed by atoms with Crippen LogP contribution in [0.15, 0.2) is 0 Å². The smallest absolute Gasteiger partial charge is 0.328 e. The van der Waals surface area contributed by atoms with Crippen LogP contribution in [0.1, 0.15) is 79.6 Å². The van der Waals surface area contributed by atoms with Crippen molar-refractivity contribution in [2.75, 3.05) is 13.2 Å². The van der Waals surface area contributed by atoms with Crippen LogP contribution in [0, 0.1) is 5.92 Å². The highest BCUT2D eigenvalue weighted by Crippen LogP contribution is 2.08. The molecule has 0 heterocycles. The molecule has 0 rings (SSSR count). The third-order valence-electron chi connectivity index (χ3n) is 4.14. The van der Waals surface area contributed by atoms with E-state index in [0.717, 1.165) is 19.3 Å². The van der Waals surface area contributed by atoms with Gasteiger partial charge in [0.1, 0.15) is 12.1 Å². The standard InChI is InChI=1S/C21H38N2O6/c1-6-8-12-28-19(25)11-10-17(21(27)29-13-9-7-2)23-20(26)18(14-15(3)4)22-16(5)24/h15,17-18H,6-14H2,1-5H3,(H,22,24)(H,23,26). The lowest BCUT2D eigenvalue weighted by Gasteiger charge is -2.23. The van der Waals surface area contributed by atoms with Crippen molar-refractivity contribution in [3.63, 3.8) is 0 Å². The molecule has 2 amide bonds. The van der Waals surface area contributed by atoms with Crippen molar-refractivity contribution in [2.45, 2.75) is 91.6 Å². The van der Waals surface area contributed by atoms with Crippen LogP contribution in [-0.2, 0) is 28.7 Å². The van der Waals surface area contributed by atoms with Gasteiger partial charge in [-0.2, -0.15) is 0 Å². The SMILES string of the molecule is CCCCOC(=O)CCC(NC(=O)C(CC(C)C)NC(C)=O)C(=O)OCCCC. The summed E-state index contributed by atoms with van der Waals surface area (Å²) in [5.41, 5.74) is 0. The number of esters is 2. The van der Waals surface area contributed by atoms with E-state index in [1.165, 1.54) is 6.92 Å². The lowest BCUT2D eigenvalue weighted by molar-refractivity contribution is -0.149. The number of ether oxygens (including phenoxy) is 2. The molecular weight excluding hydrogens is 376 g/mol. The van der Waals surface area contributed by atoms with Crippen molar-refractivity contribution in [1.82, 2.24) is 10.6 Å². The third kappa shape index (κ3) is 13.7. The minimum Gasteiger partial charge on any atom is -0.466 e. The fourth-order valence-corrected chi connectivity index (χ4v) is 2.55. The Morgan fingerprint density at radius 3 is 1.97 bits per heavy atom. The maximum absolute atomic E-state index is 12.7. The molecule has 0 aromatic carbocycles. The Morgan fingerprint density at radius 1 is 0.862 bits per heavy atom. The van der Waals surface area contributed by atoms with Crippen LogP contribution in [-0.4, -0.2) is 49.1 Å². The molecule has 0 aromatic heterocycles. The van der Waals surface area contributed by atoms with Crippen molar-refractivity contribution in [3.05, 3.63) is 0 Å². The molecule has 8 nitrogen and oxygen atoms in total. The number of amides is 2. The summed E-state index contributed by atoms with van der Waals surface area (Å²) in [6, 6.07) is -1.73. The Kier molecular flexibility index (Phi) is 14.6. The molecule has 8 heteroatoms. The molecule has 0 aliphatic carbocycles. The molecular formula is C21H38N2O6. The maximum atomic E-state index is 12.7. The first-order chi connectivity index (χ1) is 13.7. The van der Waals surface area contributed by atoms with Crippen molar-refractivity contribution < 1.29 is 28.7 Å². The van der Waals surface area contributed by atoms with Crippen LogP contribution in [0.3, 0.4) is 0 Å². The second-order valence-corrected chi connectivity index (χ2v) is 7.58. The van der Waals surface area contributed by atoms with Crippen LogP contribution in [0.5, 0.6) is 0 Å². The predicted molar refractivity (Wildman–Crippen MR) is 110 cm³/mol. The number of nitrogens with one attached hydrogen (secondary N) is 2. The second kappa shape index (κ2) is 15.8. The molecule has 0 aromatic rings. The molecule has 0 aliphatic rings. The first-order valence-electron chi connectivity index (χ1n) is 10.6. The quantitative estimate of drug-likeness (QED) is 0.315. The average molecular weight is 415 g/mol. The number of carbonyl (C=O) groups is 4. The summed E-state index contributed by atoms with van der Waals surface area (Å²) < 4.78 is 10.3. The molecule has 2 N–H and O–H groups in total. The Morgan fingerprint density at radius 2 is 1.45 bits per heavy atom. The summed E-state index contributed by atoms with van der Waals surface area (Å²) in [7, 11) is 0. The van der Waals surface area contributed by atoms with Crippen molar-refractivity contribution in [2.24, 2.45) is 5.92 Å². The van der Waals surface area contributed by atoms with Gasteiger partial charge in [0.15, 0.2) is 0 Å². The average Bonchev–Trinajstić information content (AvgIpc) is 2.63. The highest BCUT2D eigenvalue weighted by atomic mass is 16.5. The van der Waals surface area contributed by atoms with E-state index >= 15 is 0 Å². The minimum absolute atomic E-state index is 0.00742. The minimum atomic E-state index is -0.971. The molecule has 168 valence electrons. The number of hydrogen-bond donors (Lipinski definition) is 2. The Hall–Kier alpha value is -2.12. The van der Waals surface area contributed by atoms with Gasteiger partial charge in [-0.1, -0.05) is 40.5 Å². The van der Waals surface area contributed by atoms with E-state index in [9.17, 15) is 19.2 Å². The van der Waals surface area contributed by atoms with E-state index in [4.69, 9.17) is 9.47 Å². The van der Waals surface area contributed by atoms with Gasteiger partial charge < -0.3 is 20.1 Å². The Bertz CT molecular complexity index is 521. The topological polar surface area (TPSA) is 111 Å². The van der Waals surface area contributed by atoms with Crippen LogP contribution in [0.25, 0.3) is 0 Å². The van der Waals surface area contributed by atoms with Gasteiger partial charge in [-0.15, -0.1) is 0 Å². The Balaban J connectivity index is 5.00. The molecule has 0 aliphatic heterocycles. The Labute approximate surface area is 174 Å². The van der Waals surface area contributed by atoms with Gasteiger partial charge in [-0.25, -0.2) is 4.79 Å². The summed E-state index contributed by atoms with van der Waals surface area (Å²) in [6.45, 7) is 9.77. The summed E-state index contributed by atoms with van der Waals surface area (Å²) in [5, 5.41) is 5.25. The fraction of sp³-hybridized carbons (Fsp3) is 0.810. The first-order valence-corrected chi connectivity index (χ1v) is 10.6. The molecule has 0 fully saturated rings. The van der Waals surface area contributed by atoms with Crippen molar-refractivity contribution >= 4 is 23.8 Å². The lowest BCUT2D eigenvalue weighted by atomic mass is 10.0. The highest BCUT2D eigenvalue weighted by molar-refractivity contribution is 5.90. The zero-order valence-electron chi connectivity index (χ0n) is 18.5. The molecule has 2 atom stereocenters. The number of unbranched alkanes of at least 4 members (excludes halogenated alkanes) is 2. The normalized spacial score (nSPS) is 12.8. The summed E-state index contributed by atoms with van der Waals surface area (Å²) in [5.74, 6) is -1.63. The largest absolute Gasteiger partial charge is 0.466 e. The van der Waals surface area contributed by atoms with Crippen molar-refractivity contribution in [1.29, 1.82) is 0 Å². The summed E-state index contributed by atoms with van der Waals surface area (Å²) in [6.07, 6.45) is 3.78. The van der Waals surface area contributed by atoms with Gasteiger partial charge in [0.05, 0.1) is 13.2 Å². The van der Waals surface area contributed by atoms with Crippen LogP contribution >= 0.6 is 0 Å².